The van der Waals surface area contributed by atoms with Gasteiger partial charge in [-0.1, -0.05) is 30.3 Å². The summed E-state index contributed by atoms with van der Waals surface area (Å²) in [5.74, 6) is 0.279. The Kier molecular flexibility index (Phi) is 6.07. The first kappa shape index (κ1) is 17.8. The molecule has 2 heterocycles. The quantitative estimate of drug-likeness (QED) is 0.638. The smallest absolute Gasteiger partial charge is 0.263 e. The third-order valence-corrected chi connectivity index (χ3v) is 4.34. The molecule has 1 saturated heterocycles. The fourth-order valence-corrected chi connectivity index (χ4v) is 2.89. The molecule has 0 atom stereocenters. The predicted octanol–water partition coefficient (Wildman–Crippen LogP) is 2.12. The number of hydrogen-bond acceptors (Lipinski definition) is 5. The van der Waals surface area contributed by atoms with Crippen molar-refractivity contribution in [1.82, 2.24) is 15.1 Å². The average Bonchev–Trinajstić information content (AvgIpc) is 3.20. The average molecular weight is 350 g/mol. The second-order valence-corrected chi connectivity index (χ2v) is 6.21. The number of hydrogen-bond donors (Lipinski definition) is 1. The molecule has 1 fully saturated rings. The second kappa shape index (κ2) is 8.88. The van der Waals surface area contributed by atoms with Gasteiger partial charge in [-0.3, -0.25) is 9.69 Å². The topological polar surface area (TPSA) is 72.5 Å². The van der Waals surface area contributed by atoms with Crippen LogP contribution in [0.2, 0.25) is 0 Å². The van der Waals surface area contributed by atoms with Crippen LogP contribution >= 0.6 is 0 Å². The Morgan fingerprint density at radius 2 is 1.92 bits per heavy atom. The number of rotatable bonds is 6. The van der Waals surface area contributed by atoms with Gasteiger partial charge in [0.2, 0.25) is 0 Å². The van der Waals surface area contributed by atoms with Crippen LogP contribution in [0.4, 0.5) is 0 Å². The summed E-state index contributed by atoms with van der Waals surface area (Å²) in [5, 5.41) is 12.0. The molecule has 0 unspecified atom stereocenters. The lowest BCUT2D eigenvalue weighted by Crippen LogP contribution is -2.44. The van der Waals surface area contributed by atoms with Crippen molar-refractivity contribution in [2.45, 2.75) is 13.1 Å². The summed E-state index contributed by atoms with van der Waals surface area (Å²) in [5.41, 5.74) is 1.42. The fraction of sp³-hybridized carbons (Fsp3) is 0.300. The molecule has 0 bridgehead atoms. The number of furan rings is 1. The molecule has 0 aliphatic carbocycles. The van der Waals surface area contributed by atoms with E-state index >= 15 is 0 Å². The SMILES string of the molecule is N#C/C(=C\N1CCN(Cc2ccccc2)CC1)C(=O)NCc1ccco1. The maximum Gasteiger partial charge on any atom is 0.263 e. The van der Waals surface area contributed by atoms with Gasteiger partial charge >= 0.3 is 0 Å². The normalized spacial score (nSPS) is 15.5. The Morgan fingerprint density at radius 3 is 2.58 bits per heavy atom. The molecule has 134 valence electrons. The monoisotopic (exact) mass is 350 g/mol. The van der Waals surface area contributed by atoms with Gasteiger partial charge in [-0.05, 0) is 17.7 Å². The summed E-state index contributed by atoms with van der Waals surface area (Å²) >= 11 is 0. The van der Waals surface area contributed by atoms with Crippen molar-refractivity contribution in [2.75, 3.05) is 26.2 Å². The van der Waals surface area contributed by atoms with Crippen LogP contribution in [0, 0.1) is 11.3 Å². The van der Waals surface area contributed by atoms with Gasteiger partial charge in [0, 0.05) is 38.9 Å². The Labute approximate surface area is 153 Å². The minimum Gasteiger partial charge on any atom is -0.467 e. The third-order valence-electron chi connectivity index (χ3n) is 4.34. The zero-order chi connectivity index (χ0) is 18.2. The molecular weight excluding hydrogens is 328 g/mol. The number of carbonyl (C=O) groups excluding carboxylic acids is 1. The molecule has 0 spiro atoms. The summed E-state index contributed by atoms with van der Waals surface area (Å²) < 4.78 is 5.17. The number of nitrogens with zero attached hydrogens (tertiary/aromatic N) is 3. The van der Waals surface area contributed by atoms with Crippen molar-refractivity contribution in [3.05, 3.63) is 71.8 Å². The van der Waals surface area contributed by atoms with Gasteiger partial charge in [-0.2, -0.15) is 5.26 Å². The molecule has 1 N–H and O–H groups in total. The van der Waals surface area contributed by atoms with Gasteiger partial charge in [-0.15, -0.1) is 0 Å². The van der Waals surface area contributed by atoms with Crippen molar-refractivity contribution in [1.29, 1.82) is 5.26 Å². The number of nitrogens with one attached hydrogen (secondary N) is 1. The van der Waals surface area contributed by atoms with Crippen LogP contribution in [0.5, 0.6) is 0 Å². The highest BCUT2D eigenvalue weighted by atomic mass is 16.3. The molecule has 26 heavy (non-hydrogen) atoms. The van der Waals surface area contributed by atoms with Crippen molar-refractivity contribution in [3.63, 3.8) is 0 Å². The van der Waals surface area contributed by atoms with Crippen LogP contribution in [-0.2, 0) is 17.9 Å². The van der Waals surface area contributed by atoms with E-state index in [1.807, 2.05) is 17.0 Å². The van der Waals surface area contributed by atoms with Crippen LogP contribution in [0.1, 0.15) is 11.3 Å². The Balaban J connectivity index is 1.49. The molecule has 1 aromatic carbocycles. The van der Waals surface area contributed by atoms with E-state index in [0.717, 1.165) is 32.7 Å². The van der Waals surface area contributed by atoms with Crippen LogP contribution in [0.15, 0.2) is 64.9 Å². The second-order valence-electron chi connectivity index (χ2n) is 6.21. The molecule has 0 saturated carbocycles. The van der Waals surface area contributed by atoms with Crippen LogP contribution in [0.25, 0.3) is 0 Å². The molecule has 1 aliphatic rings. The lowest BCUT2D eigenvalue weighted by atomic mass is 10.2. The molecule has 6 heteroatoms. The van der Waals surface area contributed by atoms with Crippen LogP contribution in [-0.4, -0.2) is 41.9 Å². The molecule has 2 aromatic rings. The summed E-state index contributed by atoms with van der Waals surface area (Å²) in [7, 11) is 0. The summed E-state index contributed by atoms with van der Waals surface area (Å²) in [6.07, 6.45) is 3.22. The maximum absolute atomic E-state index is 12.2. The standard InChI is InChI=1S/C20H22N4O2/c21-13-18(20(25)22-14-19-7-4-12-26-19)16-24-10-8-23(9-11-24)15-17-5-2-1-3-6-17/h1-7,12,16H,8-11,14-15H2,(H,22,25)/b18-16+. The Hall–Kier alpha value is -3.04. The fourth-order valence-electron chi connectivity index (χ4n) is 2.89. The molecule has 1 amide bonds. The highest BCUT2D eigenvalue weighted by Crippen LogP contribution is 2.10. The van der Waals surface area contributed by atoms with E-state index in [4.69, 9.17) is 4.42 Å². The summed E-state index contributed by atoms with van der Waals surface area (Å²) in [6, 6.07) is 15.9. The zero-order valence-electron chi connectivity index (χ0n) is 14.6. The zero-order valence-corrected chi connectivity index (χ0v) is 14.6. The Morgan fingerprint density at radius 1 is 1.15 bits per heavy atom. The first-order valence-electron chi connectivity index (χ1n) is 8.67. The number of nitriles is 1. The molecular formula is C20H22N4O2. The summed E-state index contributed by atoms with van der Waals surface area (Å²) in [4.78, 5) is 16.6. The van der Waals surface area contributed by atoms with Gasteiger partial charge in [0.05, 0.1) is 12.8 Å². The number of benzene rings is 1. The van der Waals surface area contributed by atoms with Crippen molar-refractivity contribution < 1.29 is 9.21 Å². The number of amides is 1. The van der Waals surface area contributed by atoms with Crippen LogP contribution < -0.4 is 5.32 Å². The lowest BCUT2D eigenvalue weighted by Gasteiger charge is -2.34. The number of piperazine rings is 1. The third kappa shape index (κ3) is 4.98. The van der Waals surface area contributed by atoms with E-state index in [2.05, 4.69) is 34.5 Å². The van der Waals surface area contributed by atoms with Crippen molar-refractivity contribution >= 4 is 5.91 Å². The van der Waals surface area contributed by atoms with E-state index in [9.17, 15) is 10.1 Å². The van der Waals surface area contributed by atoms with E-state index in [1.54, 1.807) is 24.6 Å². The highest BCUT2D eigenvalue weighted by molar-refractivity contribution is 5.97. The van der Waals surface area contributed by atoms with Gasteiger partial charge in [-0.25, -0.2) is 0 Å². The molecule has 1 aliphatic heterocycles. The molecule has 0 radical (unpaired) electrons. The Bertz CT molecular complexity index is 770. The minimum atomic E-state index is -0.379. The van der Waals surface area contributed by atoms with Gasteiger partial charge in [0.25, 0.3) is 5.91 Å². The summed E-state index contributed by atoms with van der Waals surface area (Å²) in [6.45, 7) is 4.59. The van der Waals surface area contributed by atoms with E-state index in [1.165, 1.54) is 5.56 Å². The van der Waals surface area contributed by atoms with Gasteiger partial charge in [0.1, 0.15) is 17.4 Å². The number of carbonyl (C=O) groups is 1. The van der Waals surface area contributed by atoms with Gasteiger partial charge in [0.15, 0.2) is 0 Å². The minimum absolute atomic E-state index is 0.119. The highest BCUT2D eigenvalue weighted by Gasteiger charge is 2.17. The van der Waals surface area contributed by atoms with E-state index in [-0.39, 0.29) is 18.0 Å². The predicted molar refractivity (Wildman–Crippen MR) is 97.5 cm³/mol. The molecule has 1 aromatic heterocycles. The molecule has 6 nitrogen and oxygen atoms in total. The van der Waals surface area contributed by atoms with Crippen LogP contribution in [0.3, 0.4) is 0 Å². The van der Waals surface area contributed by atoms with E-state index in [0.29, 0.717) is 5.76 Å². The molecule has 3 rings (SSSR count). The first-order valence-corrected chi connectivity index (χ1v) is 8.67. The lowest BCUT2D eigenvalue weighted by molar-refractivity contribution is -0.117. The largest absolute Gasteiger partial charge is 0.467 e. The maximum atomic E-state index is 12.2. The van der Waals surface area contributed by atoms with Crippen molar-refractivity contribution in [2.24, 2.45) is 0 Å². The van der Waals surface area contributed by atoms with Gasteiger partial charge < -0.3 is 14.6 Å². The van der Waals surface area contributed by atoms with E-state index < -0.39 is 0 Å². The first-order chi connectivity index (χ1) is 12.7. The van der Waals surface area contributed by atoms with Crippen molar-refractivity contribution in [3.8, 4) is 6.07 Å².